The minimum atomic E-state index is -0.624. The fourth-order valence-corrected chi connectivity index (χ4v) is 3.51. The maximum Gasteiger partial charge on any atom is 0.194 e. The molecule has 0 aliphatic carbocycles. The van der Waals surface area contributed by atoms with E-state index in [1.165, 1.54) is 5.56 Å². The predicted octanol–water partition coefficient (Wildman–Crippen LogP) is 3.17. The number of hydrogen-bond acceptors (Lipinski definition) is 4. The van der Waals surface area contributed by atoms with Gasteiger partial charge in [-0.25, -0.2) is 0 Å². The quantitative estimate of drug-likeness (QED) is 0.342. The molecule has 158 valence electrons. The average Bonchev–Trinajstić information content (AvgIpc) is 2.72. The Morgan fingerprint density at radius 2 is 1.93 bits per heavy atom. The summed E-state index contributed by atoms with van der Waals surface area (Å²) in [6.45, 7) is 7.82. The summed E-state index contributed by atoms with van der Waals surface area (Å²) in [5.41, 5.74) is 2.07. The highest BCUT2D eigenvalue weighted by atomic mass is 127. The summed E-state index contributed by atoms with van der Waals surface area (Å²) in [5.74, 6) is 0.859. The highest BCUT2D eigenvalue weighted by molar-refractivity contribution is 14.0. The van der Waals surface area contributed by atoms with Gasteiger partial charge in [0.15, 0.2) is 5.96 Å². The summed E-state index contributed by atoms with van der Waals surface area (Å²) in [5, 5.41) is 14.5. The van der Waals surface area contributed by atoms with Crippen LogP contribution in [-0.2, 0) is 6.54 Å². The molecule has 6 nitrogen and oxygen atoms in total. The van der Waals surface area contributed by atoms with Gasteiger partial charge in [-0.15, -0.1) is 24.0 Å². The lowest BCUT2D eigenvalue weighted by Crippen LogP contribution is -2.52. The largest absolute Gasteiger partial charge is 0.386 e. The minimum absolute atomic E-state index is 0. The molecular weight excluding hydrogens is 501 g/mol. The molecule has 1 aliphatic rings. The second-order valence-corrected chi connectivity index (χ2v) is 7.32. The Morgan fingerprint density at radius 1 is 1.21 bits per heavy atom. The molecule has 1 fully saturated rings. The van der Waals surface area contributed by atoms with Crippen molar-refractivity contribution in [3.63, 3.8) is 0 Å². The van der Waals surface area contributed by atoms with Gasteiger partial charge in [-0.05, 0) is 42.3 Å². The summed E-state index contributed by atoms with van der Waals surface area (Å²) in [6.07, 6.45) is 2.75. The van der Waals surface area contributed by atoms with E-state index in [-0.39, 0.29) is 24.0 Å². The molecule has 1 saturated heterocycles. The van der Waals surface area contributed by atoms with Crippen LogP contribution >= 0.6 is 35.6 Å². The Labute approximate surface area is 195 Å². The average molecular weight is 530 g/mol. The van der Waals surface area contributed by atoms with Gasteiger partial charge in [-0.3, -0.25) is 14.9 Å². The van der Waals surface area contributed by atoms with Crippen molar-refractivity contribution < 1.29 is 5.11 Å². The molecule has 2 N–H and O–H groups in total. The Bertz CT molecular complexity index is 769. The zero-order valence-electron chi connectivity index (χ0n) is 16.7. The summed E-state index contributed by atoms with van der Waals surface area (Å²) in [6, 6.07) is 11.7. The lowest BCUT2D eigenvalue weighted by atomic mass is 10.1. The maximum atomic E-state index is 10.4. The normalized spacial score (nSPS) is 16.2. The van der Waals surface area contributed by atoms with Crippen molar-refractivity contribution in [2.24, 2.45) is 4.99 Å². The third-order valence-electron chi connectivity index (χ3n) is 4.81. The van der Waals surface area contributed by atoms with Crippen LogP contribution in [0.25, 0.3) is 0 Å². The molecule has 0 amide bonds. The van der Waals surface area contributed by atoms with E-state index in [1.54, 1.807) is 12.4 Å². The topological polar surface area (TPSA) is 64.0 Å². The van der Waals surface area contributed by atoms with Crippen LogP contribution in [0.4, 0.5) is 0 Å². The number of aliphatic hydroxyl groups is 1. The molecular formula is C21H29ClIN5O. The first-order chi connectivity index (χ1) is 13.7. The Balaban J connectivity index is 0.00000300. The molecule has 3 rings (SSSR count). The number of benzene rings is 1. The minimum Gasteiger partial charge on any atom is -0.386 e. The second-order valence-electron chi connectivity index (χ2n) is 6.88. The number of nitrogens with one attached hydrogen (secondary N) is 1. The Hall–Kier alpha value is -1.42. The van der Waals surface area contributed by atoms with Crippen LogP contribution in [0, 0.1) is 0 Å². The van der Waals surface area contributed by atoms with Crippen molar-refractivity contribution in [3.05, 3.63) is 64.9 Å². The molecule has 8 heteroatoms. The van der Waals surface area contributed by atoms with E-state index in [1.807, 2.05) is 30.3 Å². The Kier molecular flexibility index (Phi) is 10.1. The van der Waals surface area contributed by atoms with Gasteiger partial charge in [0.05, 0.1) is 12.6 Å². The van der Waals surface area contributed by atoms with Crippen LogP contribution in [0.2, 0.25) is 5.02 Å². The Morgan fingerprint density at radius 3 is 2.59 bits per heavy atom. The molecule has 1 aromatic carbocycles. The first kappa shape index (κ1) is 23.9. The van der Waals surface area contributed by atoms with E-state index in [0.29, 0.717) is 6.54 Å². The van der Waals surface area contributed by atoms with Crippen molar-refractivity contribution in [1.82, 2.24) is 20.1 Å². The molecule has 1 aromatic heterocycles. The fraction of sp³-hybridized carbons (Fsp3) is 0.429. The van der Waals surface area contributed by atoms with Crippen molar-refractivity contribution in [1.29, 1.82) is 0 Å². The predicted molar refractivity (Wildman–Crippen MR) is 129 cm³/mol. The van der Waals surface area contributed by atoms with Gasteiger partial charge in [-0.1, -0.05) is 23.7 Å². The number of pyridine rings is 1. The number of aliphatic imine (C=N–C) groups is 1. The molecule has 2 aromatic rings. The molecule has 2 heterocycles. The highest BCUT2D eigenvalue weighted by Crippen LogP contribution is 2.15. The van der Waals surface area contributed by atoms with Gasteiger partial charge in [0, 0.05) is 56.7 Å². The molecule has 0 bridgehead atoms. The number of aromatic nitrogens is 1. The molecule has 0 saturated carbocycles. The smallest absolute Gasteiger partial charge is 0.194 e. The van der Waals surface area contributed by atoms with Crippen molar-refractivity contribution in [2.75, 3.05) is 39.3 Å². The number of guanidine groups is 1. The van der Waals surface area contributed by atoms with E-state index in [0.717, 1.165) is 55.8 Å². The second kappa shape index (κ2) is 12.3. The number of aliphatic hydroxyl groups excluding tert-OH is 1. The van der Waals surface area contributed by atoms with E-state index in [4.69, 9.17) is 11.6 Å². The molecule has 1 atom stereocenters. The van der Waals surface area contributed by atoms with Gasteiger partial charge in [-0.2, -0.15) is 0 Å². The SMILES string of the molecule is CCNC(=NCC(O)c1ccncc1)N1CCN(Cc2cccc(Cl)c2)CC1.I. The third kappa shape index (κ3) is 7.40. The van der Waals surface area contributed by atoms with Crippen LogP contribution in [0.3, 0.4) is 0 Å². The zero-order valence-corrected chi connectivity index (χ0v) is 19.8. The van der Waals surface area contributed by atoms with Gasteiger partial charge in [0.2, 0.25) is 0 Å². The zero-order chi connectivity index (χ0) is 19.8. The van der Waals surface area contributed by atoms with E-state index in [2.05, 4.69) is 38.1 Å². The van der Waals surface area contributed by atoms with Crippen molar-refractivity contribution in [2.45, 2.75) is 19.6 Å². The monoisotopic (exact) mass is 529 g/mol. The van der Waals surface area contributed by atoms with Gasteiger partial charge >= 0.3 is 0 Å². The van der Waals surface area contributed by atoms with Crippen molar-refractivity contribution >= 4 is 41.5 Å². The fourth-order valence-electron chi connectivity index (χ4n) is 3.30. The molecule has 0 spiro atoms. The number of piperazine rings is 1. The van der Waals surface area contributed by atoms with Gasteiger partial charge in [0.25, 0.3) is 0 Å². The number of rotatable bonds is 6. The summed E-state index contributed by atoms with van der Waals surface area (Å²) < 4.78 is 0. The van der Waals surface area contributed by atoms with E-state index in [9.17, 15) is 5.11 Å². The summed E-state index contributed by atoms with van der Waals surface area (Å²) in [7, 11) is 0. The lowest BCUT2D eigenvalue weighted by Gasteiger charge is -2.36. The number of nitrogens with zero attached hydrogens (tertiary/aromatic N) is 4. The van der Waals surface area contributed by atoms with Crippen LogP contribution in [0.15, 0.2) is 53.8 Å². The van der Waals surface area contributed by atoms with Crippen LogP contribution in [0.5, 0.6) is 0 Å². The molecule has 1 unspecified atom stereocenters. The summed E-state index contributed by atoms with van der Waals surface area (Å²) in [4.78, 5) is 13.3. The van der Waals surface area contributed by atoms with E-state index >= 15 is 0 Å². The van der Waals surface area contributed by atoms with Crippen LogP contribution in [-0.4, -0.2) is 65.1 Å². The van der Waals surface area contributed by atoms with E-state index < -0.39 is 6.10 Å². The van der Waals surface area contributed by atoms with Crippen molar-refractivity contribution in [3.8, 4) is 0 Å². The standard InChI is InChI=1S/C21H28ClN5O.HI/c1-2-24-21(25-15-20(28)18-6-8-23-9-7-18)27-12-10-26(11-13-27)16-17-4-3-5-19(22)14-17;/h3-9,14,20,28H,2,10-13,15-16H2,1H3,(H,24,25);1H. The first-order valence-electron chi connectivity index (χ1n) is 9.73. The van der Waals surface area contributed by atoms with Crippen LogP contribution in [0.1, 0.15) is 24.2 Å². The molecule has 1 aliphatic heterocycles. The third-order valence-corrected chi connectivity index (χ3v) is 5.04. The van der Waals surface area contributed by atoms with Crippen LogP contribution < -0.4 is 5.32 Å². The van der Waals surface area contributed by atoms with Gasteiger partial charge < -0.3 is 15.3 Å². The number of halogens is 2. The first-order valence-corrected chi connectivity index (χ1v) is 10.1. The summed E-state index contributed by atoms with van der Waals surface area (Å²) >= 11 is 6.09. The molecule has 0 radical (unpaired) electrons. The number of hydrogen-bond donors (Lipinski definition) is 2. The molecule has 29 heavy (non-hydrogen) atoms. The lowest BCUT2D eigenvalue weighted by molar-refractivity contribution is 0.169. The maximum absolute atomic E-state index is 10.4. The van der Waals surface area contributed by atoms with Gasteiger partial charge in [0.1, 0.15) is 0 Å². The highest BCUT2D eigenvalue weighted by Gasteiger charge is 2.20.